The van der Waals surface area contributed by atoms with E-state index in [1.165, 1.54) is 5.56 Å². The smallest absolute Gasteiger partial charge is 0.307 e. The summed E-state index contributed by atoms with van der Waals surface area (Å²) >= 11 is 0. The number of benzene rings is 3. The van der Waals surface area contributed by atoms with Gasteiger partial charge in [0.1, 0.15) is 5.82 Å². The first-order valence-electron chi connectivity index (χ1n) is 10.2. The maximum Gasteiger partial charge on any atom is 0.307 e. The second-order valence-corrected chi connectivity index (χ2v) is 8.09. The largest absolute Gasteiger partial charge is 0.481 e. The van der Waals surface area contributed by atoms with Gasteiger partial charge >= 0.3 is 5.97 Å². The van der Waals surface area contributed by atoms with Crippen molar-refractivity contribution in [2.45, 2.75) is 50.6 Å². The number of nitrogens with one attached hydrogen (secondary N) is 1. The van der Waals surface area contributed by atoms with Crippen molar-refractivity contribution >= 4 is 29.1 Å². The van der Waals surface area contributed by atoms with Crippen molar-refractivity contribution in [2.24, 2.45) is 0 Å². The molecular formula is C25H27ClFNO2. The molecule has 5 heteroatoms. The predicted octanol–water partition coefficient (Wildman–Crippen LogP) is 6.01. The number of carbonyl (C=O) groups is 1. The Hall–Kier alpha value is -2.43. The molecule has 0 radical (unpaired) electrons. The maximum atomic E-state index is 14.1. The third-order valence-electron chi connectivity index (χ3n) is 6.10. The van der Waals surface area contributed by atoms with E-state index in [0.29, 0.717) is 17.3 Å². The highest BCUT2D eigenvalue weighted by atomic mass is 35.5. The molecule has 158 valence electrons. The topological polar surface area (TPSA) is 49.3 Å². The van der Waals surface area contributed by atoms with Gasteiger partial charge in [0, 0.05) is 17.5 Å². The highest BCUT2D eigenvalue weighted by Gasteiger charge is 2.27. The highest BCUT2D eigenvalue weighted by molar-refractivity contribution is 5.86. The standard InChI is InChI=1S/C25H26FNO2.ClH/c1-16(21-12-13-24(26)23-5-3-2-4-22(21)23)27-20-11-10-19(15-20)18-8-6-17(7-9-18)14-25(28)29;/h2-9,12-13,16,19-20,27H,10-11,14-15H2,1H3,(H,28,29);1H/t16-,19-,20+;/m1./s1. The summed E-state index contributed by atoms with van der Waals surface area (Å²) < 4.78 is 14.1. The Labute approximate surface area is 182 Å². The number of rotatable bonds is 6. The van der Waals surface area contributed by atoms with Crippen LogP contribution in [0.15, 0.2) is 60.7 Å². The van der Waals surface area contributed by atoms with Gasteiger partial charge in [-0.3, -0.25) is 4.79 Å². The first kappa shape index (κ1) is 22.3. The molecular weight excluding hydrogens is 401 g/mol. The van der Waals surface area contributed by atoms with Gasteiger partial charge in [-0.15, -0.1) is 12.4 Å². The number of halogens is 2. The average molecular weight is 428 g/mol. The van der Waals surface area contributed by atoms with Crippen molar-refractivity contribution in [1.29, 1.82) is 0 Å². The second kappa shape index (κ2) is 9.59. The predicted molar refractivity (Wildman–Crippen MR) is 121 cm³/mol. The zero-order valence-corrected chi connectivity index (χ0v) is 17.8. The summed E-state index contributed by atoms with van der Waals surface area (Å²) in [6.45, 7) is 2.15. The van der Waals surface area contributed by atoms with Gasteiger partial charge in [0.25, 0.3) is 0 Å². The Morgan fingerprint density at radius 1 is 1.07 bits per heavy atom. The van der Waals surface area contributed by atoms with Gasteiger partial charge in [0.15, 0.2) is 0 Å². The van der Waals surface area contributed by atoms with E-state index in [0.717, 1.165) is 35.8 Å². The zero-order valence-electron chi connectivity index (χ0n) is 17.0. The fourth-order valence-electron chi connectivity index (χ4n) is 4.62. The Kier molecular flexibility index (Phi) is 7.11. The number of aliphatic carboxylic acids is 1. The molecule has 0 unspecified atom stereocenters. The third-order valence-corrected chi connectivity index (χ3v) is 6.10. The minimum atomic E-state index is -0.801. The van der Waals surface area contributed by atoms with Gasteiger partial charge in [0.2, 0.25) is 0 Å². The molecule has 0 heterocycles. The van der Waals surface area contributed by atoms with Crippen molar-refractivity contribution in [3.05, 3.63) is 83.2 Å². The van der Waals surface area contributed by atoms with E-state index >= 15 is 0 Å². The summed E-state index contributed by atoms with van der Waals surface area (Å²) in [4.78, 5) is 10.8. The van der Waals surface area contributed by atoms with Gasteiger partial charge in [-0.2, -0.15) is 0 Å². The minimum Gasteiger partial charge on any atom is -0.481 e. The molecule has 0 amide bonds. The molecule has 3 aromatic rings. The van der Waals surface area contributed by atoms with Crippen LogP contribution in [0.3, 0.4) is 0 Å². The minimum absolute atomic E-state index is 0. The highest BCUT2D eigenvalue weighted by Crippen LogP contribution is 2.36. The molecule has 0 aromatic heterocycles. The Balaban J connectivity index is 0.00000256. The van der Waals surface area contributed by atoms with Crippen molar-refractivity contribution in [2.75, 3.05) is 0 Å². The van der Waals surface area contributed by atoms with Crippen LogP contribution in [-0.2, 0) is 11.2 Å². The molecule has 0 aliphatic heterocycles. The Bertz CT molecular complexity index is 1020. The monoisotopic (exact) mass is 427 g/mol. The molecule has 1 aliphatic carbocycles. The number of carboxylic acids is 1. The maximum absolute atomic E-state index is 14.1. The molecule has 4 rings (SSSR count). The summed E-state index contributed by atoms with van der Waals surface area (Å²) in [6.07, 6.45) is 3.35. The molecule has 3 nitrogen and oxygen atoms in total. The van der Waals surface area contributed by atoms with E-state index in [9.17, 15) is 9.18 Å². The molecule has 30 heavy (non-hydrogen) atoms. The molecule has 1 saturated carbocycles. The van der Waals surface area contributed by atoms with Crippen LogP contribution in [0.4, 0.5) is 4.39 Å². The van der Waals surface area contributed by atoms with Crippen LogP contribution >= 0.6 is 12.4 Å². The van der Waals surface area contributed by atoms with Gasteiger partial charge in [-0.25, -0.2) is 4.39 Å². The fraction of sp³-hybridized carbons (Fsp3) is 0.320. The molecule has 0 spiro atoms. The summed E-state index contributed by atoms with van der Waals surface area (Å²) in [5, 5.41) is 14.3. The summed E-state index contributed by atoms with van der Waals surface area (Å²) in [5.41, 5.74) is 3.25. The Morgan fingerprint density at radius 2 is 1.77 bits per heavy atom. The molecule has 1 aliphatic rings. The van der Waals surface area contributed by atoms with Crippen LogP contribution in [0.2, 0.25) is 0 Å². The van der Waals surface area contributed by atoms with Crippen molar-refractivity contribution < 1.29 is 14.3 Å². The molecule has 2 N–H and O–H groups in total. The second-order valence-electron chi connectivity index (χ2n) is 8.09. The lowest BCUT2D eigenvalue weighted by Crippen LogP contribution is -2.29. The van der Waals surface area contributed by atoms with E-state index in [2.05, 4.69) is 24.4 Å². The summed E-state index contributed by atoms with van der Waals surface area (Å²) in [5.74, 6) is -0.488. The lowest BCUT2D eigenvalue weighted by atomic mass is 9.95. The van der Waals surface area contributed by atoms with E-state index in [1.807, 2.05) is 42.5 Å². The van der Waals surface area contributed by atoms with Crippen molar-refractivity contribution in [3.8, 4) is 0 Å². The van der Waals surface area contributed by atoms with E-state index in [4.69, 9.17) is 5.11 Å². The van der Waals surface area contributed by atoms with E-state index < -0.39 is 5.97 Å². The van der Waals surface area contributed by atoms with Crippen LogP contribution in [0, 0.1) is 5.82 Å². The van der Waals surface area contributed by atoms with Crippen LogP contribution in [-0.4, -0.2) is 17.1 Å². The quantitative estimate of drug-likeness (QED) is 0.506. The average Bonchev–Trinajstić information content (AvgIpc) is 3.17. The van der Waals surface area contributed by atoms with Crippen molar-refractivity contribution in [1.82, 2.24) is 5.32 Å². The first-order chi connectivity index (χ1) is 14.0. The normalized spacial score (nSPS) is 19.4. The van der Waals surface area contributed by atoms with E-state index in [1.54, 1.807) is 6.07 Å². The van der Waals surface area contributed by atoms with Crippen LogP contribution < -0.4 is 5.32 Å². The lowest BCUT2D eigenvalue weighted by Gasteiger charge is -2.22. The number of hydrogen-bond acceptors (Lipinski definition) is 2. The number of hydrogen-bond donors (Lipinski definition) is 2. The molecule has 3 aromatic carbocycles. The number of carboxylic acid groups (broad SMARTS) is 1. The SMILES string of the molecule is C[C@@H](N[C@H]1CC[C@@H](c2ccc(CC(=O)O)cc2)C1)c1ccc(F)c2ccccc12.Cl. The zero-order chi connectivity index (χ0) is 20.4. The fourth-order valence-corrected chi connectivity index (χ4v) is 4.62. The lowest BCUT2D eigenvalue weighted by molar-refractivity contribution is -0.136. The van der Waals surface area contributed by atoms with Crippen LogP contribution in [0.5, 0.6) is 0 Å². The van der Waals surface area contributed by atoms with Gasteiger partial charge in [-0.05, 0) is 60.2 Å². The Morgan fingerprint density at radius 3 is 2.47 bits per heavy atom. The van der Waals surface area contributed by atoms with E-state index in [-0.39, 0.29) is 30.7 Å². The molecule has 1 fully saturated rings. The summed E-state index contributed by atoms with van der Waals surface area (Å²) in [6, 6.07) is 19.7. The van der Waals surface area contributed by atoms with Crippen molar-refractivity contribution in [3.63, 3.8) is 0 Å². The van der Waals surface area contributed by atoms with Gasteiger partial charge in [0.05, 0.1) is 6.42 Å². The molecule has 0 saturated heterocycles. The van der Waals surface area contributed by atoms with Gasteiger partial charge < -0.3 is 10.4 Å². The van der Waals surface area contributed by atoms with Crippen LogP contribution in [0.1, 0.15) is 54.8 Å². The van der Waals surface area contributed by atoms with Gasteiger partial charge in [-0.1, -0.05) is 54.6 Å². The number of fused-ring (bicyclic) bond motifs is 1. The first-order valence-corrected chi connectivity index (χ1v) is 10.2. The summed E-state index contributed by atoms with van der Waals surface area (Å²) in [7, 11) is 0. The third kappa shape index (κ3) is 4.82. The van der Waals surface area contributed by atoms with Crippen LogP contribution in [0.25, 0.3) is 10.8 Å². The molecule has 0 bridgehead atoms. The molecule has 3 atom stereocenters.